The van der Waals surface area contributed by atoms with Crippen LogP contribution in [0.4, 0.5) is 32.2 Å². The van der Waals surface area contributed by atoms with Gasteiger partial charge in [-0.3, -0.25) is 14.3 Å². The van der Waals surface area contributed by atoms with E-state index in [0.29, 0.717) is 10.1 Å². The predicted molar refractivity (Wildman–Crippen MR) is 115 cm³/mol. The Balaban J connectivity index is 2.02. The molecule has 184 valence electrons. The van der Waals surface area contributed by atoms with Crippen LogP contribution in [0, 0.1) is 0 Å². The average Bonchev–Trinajstić information content (AvgIpc) is 2.77. The summed E-state index contributed by atoms with van der Waals surface area (Å²) in [6, 6.07) is 13.5. The van der Waals surface area contributed by atoms with Crippen LogP contribution in [0.3, 0.4) is 0 Å². The van der Waals surface area contributed by atoms with Crippen molar-refractivity contribution in [2.24, 2.45) is 0 Å². The number of hydrogen-bond donors (Lipinski definition) is 3. The number of aryl methyl sites for hydroxylation is 1. The molecule has 0 saturated heterocycles. The molecule has 0 saturated carbocycles. The lowest BCUT2D eigenvalue weighted by Crippen LogP contribution is -2.97. The molecule has 0 aliphatic carbocycles. The first-order valence-electron chi connectivity index (χ1n) is 10.1. The summed E-state index contributed by atoms with van der Waals surface area (Å²) in [5, 5.41) is 2.46. The summed E-state index contributed by atoms with van der Waals surface area (Å²) in [7, 11) is 0. The number of hydrogen-bond acceptors (Lipinski definition) is 3. The second-order valence-corrected chi connectivity index (χ2v) is 8.19. The molecule has 0 bridgehead atoms. The first-order valence-corrected chi connectivity index (χ1v) is 10.5. The largest absolute Gasteiger partial charge is 0.446 e. The van der Waals surface area contributed by atoms with Gasteiger partial charge in [0.1, 0.15) is 5.56 Å². The van der Waals surface area contributed by atoms with E-state index >= 15 is 0 Å². The predicted octanol–water partition coefficient (Wildman–Crippen LogP) is 2.71. The normalized spacial score (nSPS) is 15.2. The quantitative estimate of drug-likeness (QED) is 0.466. The summed E-state index contributed by atoms with van der Waals surface area (Å²) in [6.45, 7) is -0.316. The van der Waals surface area contributed by atoms with Crippen LogP contribution in [-0.2, 0) is 18.5 Å². The number of amidine groups is 1. The van der Waals surface area contributed by atoms with Gasteiger partial charge >= 0.3 is 23.6 Å². The van der Waals surface area contributed by atoms with Crippen molar-refractivity contribution in [3.63, 3.8) is 0 Å². The van der Waals surface area contributed by atoms with Crippen LogP contribution in [0.25, 0.3) is 0 Å². The standard InChI is InChI=1S/C22H15ClF6N4O2/c23-14-8-4-7-13(11-14)16-30-17-15(20(32-16,21(24,25)26)22(27,28)29)18(34)31-19(35)33(17)10-9-12-5-2-1-3-6-12/h1-8,11H,9-10H2,(H,30,32)(H,31,34,35)/p+1. The van der Waals surface area contributed by atoms with E-state index in [1.54, 1.807) is 35.3 Å². The zero-order valence-corrected chi connectivity index (χ0v) is 18.3. The molecule has 0 atom stereocenters. The fourth-order valence-electron chi connectivity index (χ4n) is 3.92. The number of alkyl halides is 6. The van der Waals surface area contributed by atoms with E-state index in [-0.39, 0.29) is 23.6 Å². The van der Waals surface area contributed by atoms with E-state index < -0.39 is 46.4 Å². The van der Waals surface area contributed by atoms with Crippen LogP contribution in [0.5, 0.6) is 0 Å². The second kappa shape index (κ2) is 8.59. The van der Waals surface area contributed by atoms with Crippen LogP contribution in [0.1, 0.15) is 16.7 Å². The van der Waals surface area contributed by atoms with E-state index in [1.807, 2.05) is 0 Å². The van der Waals surface area contributed by atoms with Crippen molar-refractivity contribution in [1.82, 2.24) is 9.55 Å². The molecular formula is C22H16ClF6N4O2+. The first kappa shape index (κ1) is 24.6. The highest BCUT2D eigenvalue weighted by molar-refractivity contribution is 6.31. The van der Waals surface area contributed by atoms with E-state index in [9.17, 15) is 35.9 Å². The minimum Gasteiger partial charge on any atom is -0.273 e. The monoisotopic (exact) mass is 517 g/mol. The number of fused-ring (bicyclic) bond motifs is 1. The molecule has 2 aromatic carbocycles. The topological polar surface area (TPSA) is 80.9 Å². The molecule has 3 aromatic rings. The number of halogens is 7. The van der Waals surface area contributed by atoms with Crippen LogP contribution < -0.4 is 21.6 Å². The van der Waals surface area contributed by atoms with E-state index in [1.165, 1.54) is 23.2 Å². The summed E-state index contributed by atoms with van der Waals surface area (Å²) >= 11 is 5.89. The summed E-state index contributed by atoms with van der Waals surface area (Å²) in [5.74, 6) is -1.65. The van der Waals surface area contributed by atoms with Crippen molar-refractivity contribution in [1.29, 1.82) is 0 Å². The number of benzene rings is 2. The zero-order chi connectivity index (χ0) is 25.6. The molecule has 35 heavy (non-hydrogen) atoms. The van der Waals surface area contributed by atoms with Crippen molar-refractivity contribution >= 4 is 23.3 Å². The van der Waals surface area contributed by atoms with Crippen molar-refractivity contribution < 1.29 is 31.3 Å². The van der Waals surface area contributed by atoms with Gasteiger partial charge in [0.05, 0.1) is 5.56 Å². The lowest BCUT2D eigenvalue weighted by molar-refractivity contribution is -0.658. The fourth-order valence-corrected chi connectivity index (χ4v) is 4.11. The van der Waals surface area contributed by atoms with Gasteiger partial charge < -0.3 is 0 Å². The minimum atomic E-state index is -6.03. The van der Waals surface area contributed by atoms with Crippen molar-refractivity contribution in [2.75, 3.05) is 5.32 Å². The third-order valence-corrected chi connectivity index (χ3v) is 5.80. The Hall–Kier alpha value is -3.54. The summed E-state index contributed by atoms with van der Waals surface area (Å²) in [5.41, 5.74) is -8.98. The van der Waals surface area contributed by atoms with Crippen molar-refractivity contribution in [3.05, 3.63) is 97.1 Å². The summed E-state index contributed by atoms with van der Waals surface area (Å²) < 4.78 is 86.5. The number of anilines is 1. The minimum absolute atomic E-state index is 0.0430. The second-order valence-electron chi connectivity index (χ2n) is 7.75. The highest BCUT2D eigenvalue weighted by Gasteiger charge is 2.78. The van der Waals surface area contributed by atoms with Gasteiger partial charge in [-0.05, 0) is 30.2 Å². The van der Waals surface area contributed by atoms with Gasteiger partial charge in [-0.2, -0.15) is 26.3 Å². The number of aromatic amines is 1. The molecular weight excluding hydrogens is 502 g/mol. The number of aromatic nitrogens is 2. The first-order chi connectivity index (χ1) is 16.3. The molecule has 0 unspecified atom stereocenters. The lowest BCUT2D eigenvalue weighted by atomic mass is 9.87. The number of nitrogens with zero attached hydrogens (tertiary/aromatic N) is 1. The Morgan fingerprint density at radius 1 is 0.943 bits per heavy atom. The maximum atomic E-state index is 14.3. The molecule has 3 N–H and O–H groups in total. The molecule has 1 aromatic heterocycles. The van der Waals surface area contributed by atoms with Crippen LogP contribution >= 0.6 is 11.6 Å². The maximum absolute atomic E-state index is 14.3. The maximum Gasteiger partial charge on any atom is 0.446 e. The summed E-state index contributed by atoms with van der Waals surface area (Å²) in [6.07, 6.45) is -12.0. The Bertz CT molecular complexity index is 1400. The molecule has 6 nitrogen and oxygen atoms in total. The molecule has 0 radical (unpaired) electrons. The number of rotatable bonds is 4. The number of H-pyrrole nitrogens is 1. The Labute approximate surface area is 197 Å². The fraction of sp³-hybridized carbons (Fsp3) is 0.227. The van der Waals surface area contributed by atoms with Crippen molar-refractivity contribution in [3.8, 4) is 0 Å². The molecule has 13 heteroatoms. The SMILES string of the molecule is O=c1[nH]c(=O)n(CCc2ccccc2)c2c1C(C(F)(F)F)(C(F)(F)F)[NH+]=C(c1cccc(Cl)c1)N2. The van der Waals surface area contributed by atoms with Gasteiger partial charge in [0.25, 0.3) is 11.4 Å². The van der Waals surface area contributed by atoms with Gasteiger partial charge in [0.2, 0.25) is 5.82 Å². The molecule has 0 spiro atoms. The van der Waals surface area contributed by atoms with Gasteiger partial charge in [0, 0.05) is 11.6 Å². The molecule has 2 heterocycles. The zero-order valence-electron chi connectivity index (χ0n) is 17.5. The van der Waals surface area contributed by atoms with E-state index in [0.717, 1.165) is 6.07 Å². The van der Waals surface area contributed by atoms with Crippen LogP contribution in [0.2, 0.25) is 5.02 Å². The average molecular weight is 518 g/mol. The van der Waals surface area contributed by atoms with E-state index in [2.05, 4.69) is 5.32 Å². The van der Waals surface area contributed by atoms with Crippen LogP contribution in [0.15, 0.2) is 64.2 Å². The Morgan fingerprint density at radius 2 is 1.60 bits per heavy atom. The van der Waals surface area contributed by atoms with Gasteiger partial charge in [0.15, 0.2) is 0 Å². The van der Waals surface area contributed by atoms with Gasteiger partial charge in [-0.1, -0.05) is 48.0 Å². The van der Waals surface area contributed by atoms with Crippen molar-refractivity contribution in [2.45, 2.75) is 30.9 Å². The molecule has 0 fully saturated rings. The highest BCUT2D eigenvalue weighted by atomic mass is 35.5. The van der Waals surface area contributed by atoms with Gasteiger partial charge in [-0.15, -0.1) is 0 Å². The third kappa shape index (κ3) is 4.22. The molecule has 1 aliphatic heterocycles. The molecule has 0 amide bonds. The number of nitrogens with one attached hydrogen (secondary N) is 3. The Kier molecular flexibility index (Phi) is 6.04. The summed E-state index contributed by atoms with van der Waals surface area (Å²) in [4.78, 5) is 28.2. The lowest BCUT2D eigenvalue weighted by Gasteiger charge is -2.35. The van der Waals surface area contributed by atoms with Crippen LogP contribution in [-0.4, -0.2) is 27.7 Å². The Morgan fingerprint density at radius 3 is 2.20 bits per heavy atom. The van der Waals surface area contributed by atoms with E-state index in [4.69, 9.17) is 11.6 Å². The molecule has 4 rings (SSSR count). The molecule has 1 aliphatic rings. The highest BCUT2D eigenvalue weighted by Crippen LogP contribution is 2.48. The van der Waals surface area contributed by atoms with Gasteiger partial charge in [-0.25, -0.2) is 15.1 Å². The smallest absolute Gasteiger partial charge is 0.273 e. The third-order valence-electron chi connectivity index (χ3n) is 5.56.